The molecule has 0 aromatic rings. The molecule has 1 N–H and O–H groups in total. The number of aliphatic carboxylic acids is 1. The number of carboxylic acids is 1. The first-order valence-electron chi connectivity index (χ1n) is 5.94. The highest BCUT2D eigenvalue weighted by Gasteiger charge is 2.20. The Balaban J connectivity index is 4.03. The zero-order valence-corrected chi connectivity index (χ0v) is 11.4. The minimum Gasteiger partial charge on any atom is -0.481 e. The number of rotatable bonds is 9. The second kappa shape index (κ2) is 9.20. The number of hydrogen-bond donors (Lipinski definition) is 1. The van der Waals surface area contributed by atoms with Crippen LogP contribution in [0.25, 0.3) is 0 Å². The number of hydrogen-bond acceptors (Lipinski definition) is 1. The van der Waals surface area contributed by atoms with E-state index < -0.39 is 5.97 Å². The van der Waals surface area contributed by atoms with Crippen molar-refractivity contribution in [3.8, 4) is 0 Å². The average Bonchev–Trinajstić information content (AvgIpc) is 2.22. The molecular weight excluding hydrogens is 256 g/mol. The zero-order chi connectivity index (χ0) is 11.7. The lowest BCUT2D eigenvalue weighted by Crippen LogP contribution is -2.18. The lowest BCUT2D eigenvalue weighted by Gasteiger charge is -2.19. The number of carbonyl (C=O) groups is 1. The summed E-state index contributed by atoms with van der Waals surface area (Å²) in [5.41, 5.74) is 0. The highest BCUT2D eigenvalue weighted by atomic mass is 79.9. The molecule has 0 aliphatic rings. The molecule has 0 saturated heterocycles. The molecule has 0 rings (SSSR count). The molecule has 0 amide bonds. The summed E-state index contributed by atoms with van der Waals surface area (Å²) < 4.78 is 0. The average molecular weight is 279 g/mol. The first-order chi connectivity index (χ1) is 7.15. The minimum atomic E-state index is -0.635. The van der Waals surface area contributed by atoms with Crippen molar-refractivity contribution >= 4 is 21.9 Å². The van der Waals surface area contributed by atoms with E-state index in [1.54, 1.807) is 0 Å². The van der Waals surface area contributed by atoms with Crippen LogP contribution in [0.2, 0.25) is 0 Å². The van der Waals surface area contributed by atoms with Crippen molar-refractivity contribution in [3.63, 3.8) is 0 Å². The molecule has 2 unspecified atom stereocenters. The van der Waals surface area contributed by atoms with Gasteiger partial charge in [-0.05, 0) is 18.8 Å². The van der Waals surface area contributed by atoms with E-state index >= 15 is 0 Å². The van der Waals surface area contributed by atoms with E-state index in [0.29, 0.717) is 5.92 Å². The second-order valence-corrected chi connectivity index (χ2v) is 4.96. The molecule has 0 aliphatic carbocycles. The Hall–Kier alpha value is -0.0500. The maximum atomic E-state index is 11.0. The monoisotopic (exact) mass is 278 g/mol. The van der Waals surface area contributed by atoms with Crippen LogP contribution in [0.4, 0.5) is 0 Å². The van der Waals surface area contributed by atoms with E-state index in [9.17, 15) is 4.79 Å². The van der Waals surface area contributed by atoms with Gasteiger partial charge in [0.25, 0.3) is 0 Å². The summed E-state index contributed by atoms with van der Waals surface area (Å²) in [6.07, 6.45) is 6.30. The maximum absolute atomic E-state index is 11.0. The summed E-state index contributed by atoms with van der Waals surface area (Å²) in [5.74, 6) is -0.208. The van der Waals surface area contributed by atoms with Crippen LogP contribution >= 0.6 is 15.9 Å². The Morgan fingerprint density at radius 3 is 2.40 bits per heavy atom. The van der Waals surface area contributed by atoms with Gasteiger partial charge < -0.3 is 5.11 Å². The van der Waals surface area contributed by atoms with E-state index in [1.165, 1.54) is 19.3 Å². The van der Waals surface area contributed by atoms with Crippen LogP contribution in [-0.2, 0) is 4.79 Å². The lowest BCUT2D eigenvalue weighted by atomic mass is 9.87. The molecule has 0 heterocycles. The molecule has 2 nitrogen and oxygen atoms in total. The van der Waals surface area contributed by atoms with Crippen LogP contribution < -0.4 is 0 Å². The fraction of sp³-hybridized carbons (Fsp3) is 0.917. The van der Waals surface area contributed by atoms with Crippen LogP contribution in [-0.4, -0.2) is 16.4 Å². The largest absolute Gasteiger partial charge is 0.481 e. The predicted molar refractivity (Wildman–Crippen MR) is 67.5 cm³/mol. The molecule has 0 radical (unpaired) electrons. The topological polar surface area (TPSA) is 37.3 Å². The van der Waals surface area contributed by atoms with Gasteiger partial charge in [0.15, 0.2) is 0 Å². The number of halogens is 1. The molecule has 0 fully saturated rings. The van der Waals surface area contributed by atoms with Gasteiger partial charge >= 0.3 is 5.97 Å². The van der Waals surface area contributed by atoms with Crippen LogP contribution in [0.15, 0.2) is 0 Å². The predicted octanol–water partition coefficient (Wildman–Crippen LogP) is 4.08. The fourth-order valence-corrected chi connectivity index (χ4v) is 2.41. The Bertz CT molecular complexity index is 171. The minimum absolute atomic E-state index is 0.161. The van der Waals surface area contributed by atoms with Crippen molar-refractivity contribution in [1.29, 1.82) is 0 Å². The SMILES string of the molecule is CCCCC(CC)CC(CCBr)C(=O)O. The van der Waals surface area contributed by atoms with E-state index in [2.05, 4.69) is 29.8 Å². The van der Waals surface area contributed by atoms with Crippen molar-refractivity contribution in [2.24, 2.45) is 11.8 Å². The van der Waals surface area contributed by atoms with Gasteiger partial charge in [-0.3, -0.25) is 4.79 Å². The fourth-order valence-electron chi connectivity index (χ4n) is 1.86. The van der Waals surface area contributed by atoms with Gasteiger partial charge in [-0.15, -0.1) is 0 Å². The summed E-state index contributed by atoms with van der Waals surface area (Å²) >= 11 is 3.32. The maximum Gasteiger partial charge on any atom is 0.306 e. The molecule has 2 atom stereocenters. The third kappa shape index (κ3) is 6.93. The molecule has 0 saturated carbocycles. The molecule has 90 valence electrons. The summed E-state index contributed by atoms with van der Waals surface area (Å²) in [6.45, 7) is 4.34. The number of alkyl halides is 1. The van der Waals surface area contributed by atoms with Crippen molar-refractivity contribution in [2.75, 3.05) is 5.33 Å². The molecule has 0 aromatic heterocycles. The van der Waals surface area contributed by atoms with Crippen LogP contribution in [0.1, 0.15) is 52.4 Å². The molecule has 0 aliphatic heterocycles. The second-order valence-electron chi connectivity index (χ2n) is 4.17. The standard InChI is InChI=1S/C12H23BrO2/c1-3-5-6-10(4-2)9-11(7-8-13)12(14)15/h10-11H,3-9H2,1-2H3,(H,14,15). The third-order valence-corrected chi connectivity index (χ3v) is 3.43. The smallest absolute Gasteiger partial charge is 0.306 e. The Kier molecular flexibility index (Phi) is 9.17. The van der Waals surface area contributed by atoms with E-state index in [4.69, 9.17) is 5.11 Å². The van der Waals surface area contributed by atoms with Crippen molar-refractivity contribution in [3.05, 3.63) is 0 Å². The van der Waals surface area contributed by atoms with Crippen LogP contribution in [0, 0.1) is 11.8 Å². The Labute approximate surface area is 102 Å². The quantitative estimate of drug-likeness (QED) is 0.646. The molecule has 15 heavy (non-hydrogen) atoms. The lowest BCUT2D eigenvalue weighted by molar-refractivity contribution is -0.142. The first kappa shape index (κ1) is 14.9. The van der Waals surface area contributed by atoms with E-state index in [0.717, 1.165) is 24.6 Å². The van der Waals surface area contributed by atoms with Crippen LogP contribution in [0.5, 0.6) is 0 Å². The van der Waals surface area contributed by atoms with Gasteiger partial charge in [-0.1, -0.05) is 55.5 Å². The highest BCUT2D eigenvalue weighted by Crippen LogP contribution is 2.24. The molecule has 0 aromatic carbocycles. The van der Waals surface area contributed by atoms with Crippen molar-refractivity contribution < 1.29 is 9.90 Å². The molecule has 0 bridgehead atoms. The summed E-state index contributed by atoms with van der Waals surface area (Å²) in [5, 5.41) is 9.84. The van der Waals surface area contributed by atoms with Crippen molar-refractivity contribution in [1.82, 2.24) is 0 Å². The molecule has 0 spiro atoms. The van der Waals surface area contributed by atoms with Gasteiger partial charge in [-0.2, -0.15) is 0 Å². The first-order valence-corrected chi connectivity index (χ1v) is 7.06. The summed E-state index contributed by atoms with van der Waals surface area (Å²) in [7, 11) is 0. The van der Waals surface area contributed by atoms with E-state index in [1.807, 2.05) is 0 Å². The number of carboxylic acid groups (broad SMARTS) is 1. The van der Waals surface area contributed by atoms with Gasteiger partial charge in [0.2, 0.25) is 0 Å². The Morgan fingerprint density at radius 2 is 2.00 bits per heavy atom. The van der Waals surface area contributed by atoms with E-state index in [-0.39, 0.29) is 5.92 Å². The van der Waals surface area contributed by atoms with Crippen LogP contribution in [0.3, 0.4) is 0 Å². The molecular formula is C12H23BrO2. The zero-order valence-electron chi connectivity index (χ0n) is 9.84. The number of unbranched alkanes of at least 4 members (excludes halogenated alkanes) is 1. The molecule has 3 heteroatoms. The Morgan fingerprint density at radius 1 is 1.33 bits per heavy atom. The van der Waals surface area contributed by atoms with Gasteiger partial charge in [0.05, 0.1) is 5.92 Å². The van der Waals surface area contributed by atoms with Gasteiger partial charge in [0, 0.05) is 5.33 Å². The summed E-state index contributed by atoms with van der Waals surface area (Å²) in [6, 6.07) is 0. The van der Waals surface area contributed by atoms with Crippen molar-refractivity contribution in [2.45, 2.75) is 52.4 Å². The summed E-state index contributed by atoms with van der Waals surface area (Å²) in [4.78, 5) is 11.0. The highest BCUT2D eigenvalue weighted by molar-refractivity contribution is 9.09. The third-order valence-electron chi connectivity index (χ3n) is 2.97. The van der Waals surface area contributed by atoms with Gasteiger partial charge in [0.1, 0.15) is 0 Å². The van der Waals surface area contributed by atoms with Gasteiger partial charge in [-0.25, -0.2) is 0 Å². The normalized spacial score (nSPS) is 14.9.